The molecule has 0 amide bonds. The Morgan fingerprint density at radius 1 is 0.722 bits per heavy atom. The third kappa shape index (κ3) is 6.19. The summed E-state index contributed by atoms with van der Waals surface area (Å²) in [6, 6.07) is 0. The van der Waals surface area contributed by atoms with Crippen LogP contribution >= 0.6 is 0 Å². The van der Waals surface area contributed by atoms with Crippen molar-refractivity contribution in [2.45, 2.75) is 53.4 Å². The van der Waals surface area contributed by atoms with Crippen molar-refractivity contribution < 1.29 is 9.47 Å². The van der Waals surface area contributed by atoms with Crippen LogP contribution in [0.25, 0.3) is 0 Å². The van der Waals surface area contributed by atoms with Gasteiger partial charge >= 0.3 is 0 Å². The van der Waals surface area contributed by atoms with Crippen molar-refractivity contribution in [2.24, 2.45) is 23.7 Å². The van der Waals surface area contributed by atoms with Crippen LogP contribution in [0.5, 0.6) is 0 Å². The van der Waals surface area contributed by atoms with Crippen LogP contribution in [0.4, 0.5) is 0 Å². The Kier molecular flexibility index (Phi) is 7.92. The highest BCUT2D eigenvalue weighted by Gasteiger charge is 2.17. The largest absolute Gasteiger partial charge is 0.381 e. The molecule has 2 heterocycles. The van der Waals surface area contributed by atoms with Crippen molar-refractivity contribution in [1.29, 1.82) is 0 Å². The van der Waals surface area contributed by atoms with E-state index in [-0.39, 0.29) is 0 Å². The normalized spacial score (nSPS) is 29.0. The zero-order valence-electron chi connectivity index (χ0n) is 12.8. The summed E-state index contributed by atoms with van der Waals surface area (Å²) in [4.78, 5) is 0. The van der Waals surface area contributed by atoms with E-state index in [9.17, 15) is 0 Å². The summed E-state index contributed by atoms with van der Waals surface area (Å²) in [5.41, 5.74) is 0. The van der Waals surface area contributed by atoms with Crippen LogP contribution in [0.2, 0.25) is 0 Å². The quantitative estimate of drug-likeness (QED) is 0.739. The van der Waals surface area contributed by atoms with Gasteiger partial charge in [0.05, 0.1) is 0 Å². The molecule has 0 radical (unpaired) electrons. The molecular weight excluding hydrogens is 224 g/mol. The molecule has 0 saturated carbocycles. The van der Waals surface area contributed by atoms with Gasteiger partial charge in [-0.15, -0.1) is 0 Å². The van der Waals surface area contributed by atoms with Crippen LogP contribution in [-0.2, 0) is 9.47 Å². The molecule has 18 heavy (non-hydrogen) atoms. The molecule has 0 bridgehead atoms. The van der Waals surface area contributed by atoms with Gasteiger partial charge in [-0.3, -0.25) is 0 Å². The van der Waals surface area contributed by atoms with Gasteiger partial charge in [-0.25, -0.2) is 0 Å². The van der Waals surface area contributed by atoms with E-state index in [2.05, 4.69) is 27.7 Å². The van der Waals surface area contributed by atoms with Crippen LogP contribution in [0, 0.1) is 23.7 Å². The fourth-order valence-electron chi connectivity index (χ4n) is 2.58. The zero-order valence-corrected chi connectivity index (χ0v) is 12.8. The lowest BCUT2D eigenvalue weighted by atomic mass is 9.91. The lowest BCUT2D eigenvalue weighted by Crippen LogP contribution is -2.21. The molecule has 2 unspecified atom stereocenters. The molecule has 108 valence electrons. The Labute approximate surface area is 113 Å². The van der Waals surface area contributed by atoms with Gasteiger partial charge in [0.1, 0.15) is 0 Å². The SMILES string of the molecule is CC(C)C1CCCOC1.CC(C)C1CCCOC1. The minimum atomic E-state index is 0.810. The Morgan fingerprint density at radius 3 is 1.28 bits per heavy atom. The summed E-state index contributed by atoms with van der Waals surface area (Å²) < 4.78 is 10.7. The van der Waals surface area contributed by atoms with Gasteiger partial charge in [-0.05, 0) is 49.4 Å². The topological polar surface area (TPSA) is 18.5 Å². The minimum Gasteiger partial charge on any atom is -0.381 e. The number of ether oxygens (including phenoxy) is 2. The second-order valence-corrected chi connectivity index (χ2v) is 6.44. The molecule has 2 fully saturated rings. The van der Waals surface area contributed by atoms with E-state index < -0.39 is 0 Å². The van der Waals surface area contributed by atoms with Gasteiger partial charge in [0.15, 0.2) is 0 Å². The molecule has 2 rings (SSSR count). The summed E-state index contributed by atoms with van der Waals surface area (Å²) in [7, 11) is 0. The molecular formula is C16H32O2. The van der Waals surface area contributed by atoms with Gasteiger partial charge in [-0.1, -0.05) is 27.7 Å². The molecule has 0 aromatic heterocycles. The molecule has 0 N–H and O–H groups in total. The van der Waals surface area contributed by atoms with Crippen LogP contribution < -0.4 is 0 Å². The van der Waals surface area contributed by atoms with E-state index in [0.717, 1.165) is 50.1 Å². The van der Waals surface area contributed by atoms with Gasteiger partial charge in [0, 0.05) is 26.4 Å². The smallest absolute Gasteiger partial charge is 0.0496 e. The molecule has 2 nitrogen and oxygen atoms in total. The lowest BCUT2D eigenvalue weighted by molar-refractivity contribution is 0.0372. The highest BCUT2D eigenvalue weighted by Crippen LogP contribution is 2.21. The Bertz CT molecular complexity index is 167. The summed E-state index contributed by atoms with van der Waals surface area (Å²) in [6.07, 6.45) is 5.28. The molecule has 2 heteroatoms. The predicted octanol–water partition coefficient (Wildman–Crippen LogP) is 4.14. The molecule has 2 saturated heterocycles. The van der Waals surface area contributed by atoms with Gasteiger partial charge in [0.2, 0.25) is 0 Å². The monoisotopic (exact) mass is 256 g/mol. The lowest BCUT2D eigenvalue weighted by Gasteiger charge is -2.24. The second kappa shape index (κ2) is 8.92. The highest BCUT2D eigenvalue weighted by molar-refractivity contribution is 4.66. The third-order valence-corrected chi connectivity index (χ3v) is 4.28. The second-order valence-electron chi connectivity index (χ2n) is 6.44. The zero-order chi connectivity index (χ0) is 13.4. The molecule has 0 spiro atoms. The first-order chi connectivity index (χ1) is 8.61. The maximum Gasteiger partial charge on any atom is 0.0496 e. The standard InChI is InChI=1S/2C8H16O/c2*1-7(2)8-4-3-5-9-6-8/h2*7-8H,3-6H2,1-2H3. The third-order valence-electron chi connectivity index (χ3n) is 4.28. The fraction of sp³-hybridized carbons (Fsp3) is 1.00. The van der Waals surface area contributed by atoms with E-state index in [0.29, 0.717) is 0 Å². The summed E-state index contributed by atoms with van der Waals surface area (Å²) in [5.74, 6) is 3.29. The molecule has 0 aromatic carbocycles. The molecule has 2 atom stereocenters. The van der Waals surface area contributed by atoms with Crippen molar-refractivity contribution in [3.05, 3.63) is 0 Å². The number of rotatable bonds is 2. The van der Waals surface area contributed by atoms with E-state index in [1.165, 1.54) is 25.7 Å². The predicted molar refractivity (Wildman–Crippen MR) is 76.8 cm³/mol. The average molecular weight is 256 g/mol. The van der Waals surface area contributed by atoms with Gasteiger partial charge in [-0.2, -0.15) is 0 Å². The van der Waals surface area contributed by atoms with Crippen LogP contribution in [0.3, 0.4) is 0 Å². The summed E-state index contributed by atoms with van der Waals surface area (Å²) >= 11 is 0. The van der Waals surface area contributed by atoms with Gasteiger partial charge in [0.25, 0.3) is 0 Å². The van der Waals surface area contributed by atoms with E-state index in [1.807, 2.05) is 0 Å². The van der Waals surface area contributed by atoms with Crippen LogP contribution in [0.1, 0.15) is 53.4 Å². The summed E-state index contributed by atoms with van der Waals surface area (Å²) in [5, 5.41) is 0. The number of hydrogen-bond acceptors (Lipinski definition) is 2. The fourth-order valence-corrected chi connectivity index (χ4v) is 2.58. The molecule has 0 aliphatic carbocycles. The highest BCUT2D eigenvalue weighted by atomic mass is 16.5. The van der Waals surface area contributed by atoms with E-state index in [1.54, 1.807) is 0 Å². The molecule has 2 aliphatic rings. The Balaban J connectivity index is 0.000000180. The van der Waals surface area contributed by atoms with Crippen molar-refractivity contribution in [3.63, 3.8) is 0 Å². The maximum atomic E-state index is 5.34. The first-order valence-electron chi connectivity index (χ1n) is 7.76. The van der Waals surface area contributed by atoms with Crippen molar-refractivity contribution >= 4 is 0 Å². The van der Waals surface area contributed by atoms with Gasteiger partial charge < -0.3 is 9.47 Å². The Hall–Kier alpha value is -0.0800. The van der Waals surface area contributed by atoms with Crippen LogP contribution in [0.15, 0.2) is 0 Å². The molecule has 2 aliphatic heterocycles. The van der Waals surface area contributed by atoms with E-state index in [4.69, 9.17) is 9.47 Å². The van der Waals surface area contributed by atoms with Crippen molar-refractivity contribution in [2.75, 3.05) is 26.4 Å². The average Bonchev–Trinajstić information content (AvgIpc) is 2.41. The van der Waals surface area contributed by atoms with Crippen molar-refractivity contribution in [3.8, 4) is 0 Å². The first kappa shape index (κ1) is 16.0. The van der Waals surface area contributed by atoms with E-state index >= 15 is 0 Å². The van der Waals surface area contributed by atoms with Crippen molar-refractivity contribution in [1.82, 2.24) is 0 Å². The first-order valence-corrected chi connectivity index (χ1v) is 7.76. The summed E-state index contributed by atoms with van der Waals surface area (Å²) in [6.45, 7) is 13.1. The number of hydrogen-bond donors (Lipinski definition) is 0. The molecule has 0 aromatic rings. The Morgan fingerprint density at radius 2 is 1.11 bits per heavy atom. The minimum absolute atomic E-state index is 0.810. The van der Waals surface area contributed by atoms with Crippen LogP contribution in [-0.4, -0.2) is 26.4 Å². The maximum absolute atomic E-state index is 5.34.